The van der Waals surface area contributed by atoms with E-state index in [9.17, 15) is 14.4 Å². The van der Waals surface area contributed by atoms with E-state index in [1.807, 2.05) is 43.0 Å². The number of fused-ring (bicyclic) bond motifs is 2. The molecule has 0 unspecified atom stereocenters. The number of carbonyl (C=O) groups excluding carboxylic acids is 3. The normalized spacial score (nSPS) is 18.1. The van der Waals surface area contributed by atoms with Crippen LogP contribution in [0.4, 0.5) is 0 Å². The van der Waals surface area contributed by atoms with Gasteiger partial charge in [-0.1, -0.05) is 93.0 Å². The molecule has 1 fully saturated rings. The summed E-state index contributed by atoms with van der Waals surface area (Å²) in [6, 6.07) is 27.0. The summed E-state index contributed by atoms with van der Waals surface area (Å²) in [5.41, 5.74) is 1.25. The Hall–Kier alpha value is -4.33. The number of rotatable bonds is 10. The number of hydrogen-bond acceptors (Lipinski definition) is 7. The molecule has 1 saturated heterocycles. The number of likely N-dealkylation sites (N-methyl/N-ethyl adjacent to an activating group) is 1. The first kappa shape index (κ1) is 39.9. The van der Waals surface area contributed by atoms with E-state index in [4.69, 9.17) is 21.0 Å². The summed E-state index contributed by atoms with van der Waals surface area (Å²) >= 11 is 7.62. The second kappa shape index (κ2) is 15.9. The molecule has 2 aromatic heterocycles. The first-order valence-electron chi connectivity index (χ1n) is 19.3. The van der Waals surface area contributed by atoms with E-state index in [0.29, 0.717) is 28.7 Å². The van der Waals surface area contributed by atoms with E-state index >= 15 is 0 Å². The number of nitrogens with one attached hydrogen (secondary N) is 3. The maximum atomic E-state index is 14.6. The highest BCUT2D eigenvalue weighted by Crippen LogP contribution is 2.38. The van der Waals surface area contributed by atoms with Crippen LogP contribution in [0.3, 0.4) is 0 Å². The molecule has 10 nitrogen and oxygen atoms in total. The lowest BCUT2D eigenvalue weighted by Gasteiger charge is -2.46. The highest BCUT2D eigenvalue weighted by atomic mass is 35.5. The third-order valence-electron chi connectivity index (χ3n) is 11.1. The van der Waals surface area contributed by atoms with Crippen molar-refractivity contribution in [3.63, 3.8) is 0 Å². The molecule has 0 radical (unpaired) electrons. The van der Waals surface area contributed by atoms with Crippen LogP contribution in [0.15, 0.2) is 84.9 Å². The van der Waals surface area contributed by atoms with Gasteiger partial charge in [0.1, 0.15) is 5.69 Å². The van der Waals surface area contributed by atoms with Gasteiger partial charge < -0.3 is 29.8 Å². The second-order valence-electron chi connectivity index (χ2n) is 16.8. The molecule has 3 N–H and O–H groups in total. The van der Waals surface area contributed by atoms with E-state index in [2.05, 4.69) is 96.9 Å². The standard InChI is InChI=1S/C43H51ClN6O4SSi/c1-42(2,3)56(30-13-9-7-10-14-30,31-15-11-8-12-16-31)54-27-43(4,5)41(53)50-22-20-33(46-38(51)35-24-28-23-29(44)17-18-32(28)45-35)36(25-50)47-39(52)40-48-34-19-21-49(6)26-37(34)55-40/h7-18,23-24,33,36,45H,19-22,25-27H2,1-6H3,(H,46,51)(H,47,52)/t33-,36+/m0/s1. The van der Waals surface area contributed by atoms with Gasteiger partial charge >= 0.3 is 0 Å². The molecule has 5 aromatic rings. The van der Waals surface area contributed by atoms with Gasteiger partial charge in [0.15, 0.2) is 5.01 Å². The van der Waals surface area contributed by atoms with Crippen molar-refractivity contribution in [2.24, 2.45) is 5.41 Å². The Labute approximate surface area is 339 Å². The van der Waals surface area contributed by atoms with Crippen LogP contribution in [-0.4, -0.2) is 91.2 Å². The van der Waals surface area contributed by atoms with Gasteiger partial charge in [0.05, 0.1) is 23.2 Å². The summed E-state index contributed by atoms with van der Waals surface area (Å²) in [4.78, 5) is 55.2. The summed E-state index contributed by atoms with van der Waals surface area (Å²) in [6.07, 6.45) is 1.24. The van der Waals surface area contributed by atoms with Crippen molar-refractivity contribution in [3.8, 4) is 0 Å². The lowest BCUT2D eigenvalue weighted by Crippen LogP contribution is -2.67. The molecule has 3 amide bonds. The molecule has 0 aliphatic carbocycles. The Morgan fingerprint density at radius 1 is 0.911 bits per heavy atom. The zero-order chi connectivity index (χ0) is 39.8. The van der Waals surface area contributed by atoms with Gasteiger partial charge in [0.2, 0.25) is 5.91 Å². The van der Waals surface area contributed by atoms with Gasteiger partial charge in [-0.3, -0.25) is 14.4 Å². The van der Waals surface area contributed by atoms with E-state index < -0.39 is 25.8 Å². The number of halogens is 1. The number of thiazole rings is 1. The molecule has 0 spiro atoms. The molecule has 13 heteroatoms. The number of H-pyrrole nitrogens is 1. The lowest BCUT2D eigenvalue weighted by molar-refractivity contribution is -0.143. The molecule has 2 aliphatic heterocycles. The number of likely N-dealkylation sites (tertiary alicyclic amines) is 1. The quantitative estimate of drug-likeness (QED) is 0.149. The number of amides is 3. The van der Waals surface area contributed by atoms with Crippen molar-refractivity contribution in [3.05, 3.63) is 111 Å². The fraction of sp³-hybridized carbons (Fsp3) is 0.395. The molecular weight excluding hydrogens is 760 g/mol. The second-order valence-corrected chi connectivity index (χ2v) is 22.7. The zero-order valence-corrected chi connectivity index (χ0v) is 35.5. The van der Waals surface area contributed by atoms with E-state index in [1.165, 1.54) is 11.3 Å². The van der Waals surface area contributed by atoms with Crippen molar-refractivity contribution in [2.45, 2.75) is 71.1 Å². The predicted molar refractivity (Wildman–Crippen MR) is 227 cm³/mol. The first-order valence-corrected chi connectivity index (χ1v) is 22.4. The predicted octanol–water partition coefficient (Wildman–Crippen LogP) is 6.00. The minimum Gasteiger partial charge on any atom is -0.406 e. The number of nitrogens with zero attached hydrogens (tertiary/aromatic N) is 3. The van der Waals surface area contributed by atoms with Crippen molar-refractivity contribution in [2.75, 3.05) is 33.3 Å². The van der Waals surface area contributed by atoms with Crippen LogP contribution in [0.25, 0.3) is 10.9 Å². The minimum absolute atomic E-state index is 0.0697. The third-order valence-corrected chi connectivity index (χ3v) is 17.4. The summed E-state index contributed by atoms with van der Waals surface area (Å²) in [5.74, 6) is -0.673. The van der Waals surface area contributed by atoms with Crippen LogP contribution in [0.1, 0.15) is 71.9 Å². The first-order chi connectivity index (χ1) is 26.6. The van der Waals surface area contributed by atoms with E-state index in [-0.39, 0.29) is 35.9 Å². The Balaban J connectivity index is 1.13. The Morgan fingerprint density at radius 2 is 1.57 bits per heavy atom. The van der Waals surface area contributed by atoms with Gasteiger partial charge in [-0.05, 0) is 67.0 Å². The Kier molecular flexibility index (Phi) is 11.3. The van der Waals surface area contributed by atoms with Gasteiger partial charge in [0, 0.05) is 60.0 Å². The van der Waals surface area contributed by atoms with Gasteiger partial charge in [-0.2, -0.15) is 0 Å². The fourth-order valence-electron chi connectivity index (χ4n) is 8.12. The van der Waals surface area contributed by atoms with Crippen LogP contribution in [0, 0.1) is 5.41 Å². The molecular formula is C43H51ClN6O4SSi. The topological polar surface area (TPSA) is 120 Å². The molecule has 2 aliphatic rings. The number of hydrogen-bond donors (Lipinski definition) is 3. The maximum absolute atomic E-state index is 14.6. The highest BCUT2D eigenvalue weighted by molar-refractivity contribution is 7.13. The van der Waals surface area contributed by atoms with Crippen molar-refractivity contribution < 1.29 is 18.8 Å². The molecule has 7 rings (SSSR count). The van der Waals surface area contributed by atoms with E-state index in [0.717, 1.165) is 51.4 Å². The van der Waals surface area contributed by atoms with Crippen LogP contribution in [0.5, 0.6) is 0 Å². The monoisotopic (exact) mass is 810 g/mol. The summed E-state index contributed by atoms with van der Waals surface area (Å²) in [5, 5.41) is 10.2. The largest absolute Gasteiger partial charge is 0.406 e. The fourth-order valence-corrected chi connectivity index (χ4v) is 14.1. The van der Waals surface area contributed by atoms with Crippen LogP contribution < -0.4 is 21.0 Å². The molecule has 4 heterocycles. The Bertz CT molecular complexity index is 2180. The molecule has 2 atom stereocenters. The minimum atomic E-state index is -2.91. The smallest absolute Gasteiger partial charge is 0.280 e. The summed E-state index contributed by atoms with van der Waals surface area (Å²) < 4.78 is 7.24. The number of benzene rings is 3. The molecule has 3 aromatic carbocycles. The van der Waals surface area contributed by atoms with Crippen molar-refractivity contribution in [1.29, 1.82) is 0 Å². The maximum Gasteiger partial charge on any atom is 0.280 e. The number of carbonyl (C=O) groups is 3. The average molecular weight is 812 g/mol. The van der Waals surface area contributed by atoms with Gasteiger partial charge in [-0.15, -0.1) is 11.3 Å². The number of piperidine rings is 1. The summed E-state index contributed by atoms with van der Waals surface area (Å²) in [7, 11) is -0.846. The van der Waals surface area contributed by atoms with Crippen molar-refractivity contribution >= 4 is 70.3 Å². The van der Waals surface area contributed by atoms with Crippen LogP contribution in [-0.2, 0) is 22.2 Å². The molecule has 56 heavy (non-hydrogen) atoms. The molecule has 294 valence electrons. The highest BCUT2D eigenvalue weighted by Gasteiger charge is 2.51. The lowest BCUT2D eigenvalue weighted by atomic mass is 9.90. The van der Waals surface area contributed by atoms with Crippen molar-refractivity contribution in [1.82, 2.24) is 30.4 Å². The SMILES string of the molecule is CN1CCc2nc(C(=O)N[C@@H]3CN(C(=O)C(C)(C)CO[Si](c4ccccc4)(c4ccccc4)C(C)(C)C)CC[C@@H]3NC(=O)c3cc4cc(Cl)ccc4[nH]3)sc2C1. The van der Waals surface area contributed by atoms with Gasteiger partial charge in [0.25, 0.3) is 20.1 Å². The van der Waals surface area contributed by atoms with Crippen LogP contribution >= 0.6 is 22.9 Å². The molecule has 0 saturated carbocycles. The average Bonchev–Trinajstić information content (AvgIpc) is 3.80. The van der Waals surface area contributed by atoms with Crippen LogP contribution in [0.2, 0.25) is 10.1 Å². The Morgan fingerprint density at radius 3 is 2.23 bits per heavy atom. The number of aromatic nitrogens is 2. The zero-order valence-electron chi connectivity index (χ0n) is 32.9. The third kappa shape index (κ3) is 8.08. The molecule has 0 bridgehead atoms. The summed E-state index contributed by atoms with van der Waals surface area (Å²) in [6.45, 7) is 13.0. The van der Waals surface area contributed by atoms with E-state index in [1.54, 1.807) is 12.1 Å². The number of aromatic amines is 1. The van der Waals surface area contributed by atoms with Gasteiger partial charge in [-0.25, -0.2) is 4.98 Å².